The van der Waals surface area contributed by atoms with Crippen LogP contribution in [0, 0.1) is 5.82 Å². The number of nitrogens with one attached hydrogen (secondary N) is 1. The van der Waals surface area contributed by atoms with Crippen LogP contribution in [0.4, 0.5) is 4.39 Å². The number of carbonyl (C=O) groups is 1. The number of amides is 1. The second-order valence-corrected chi connectivity index (χ2v) is 4.64. The molecule has 116 valence electrons. The summed E-state index contributed by atoms with van der Waals surface area (Å²) in [7, 11) is 1.56. The number of carbonyl (C=O) groups excluding carboxylic acids is 1. The van der Waals surface area contributed by atoms with Crippen LogP contribution in [0.1, 0.15) is 16.8 Å². The van der Waals surface area contributed by atoms with E-state index in [1.165, 1.54) is 12.1 Å². The van der Waals surface area contributed by atoms with Gasteiger partial charge in [0.1, 0.15) is 17.3 Å². The van der Waals surface area contributed by atoms with Crippen molar-refractivity contribution in [3.8, 4) is 11.5 Å². The van der Waals surface area contributed by atoms with E-state index in [0.717, 1.165) is 0 Å². The maximum absolute atomic E-state index is 12.7. The summed E-state index contributed by atoms with van der Waals surface area (Å²) in [4.78, 5) is 11.9. The maximum Gasteiger partial charge on any atom is 0.251 e. The van der Waals surface area contributed by atoms with E-state index in [0.29, 0.717) is 36.6 Å². The first kappa shape index (κ1) is 15.8. The molecule has 0 radical (unpaired) electrons. The molecule has 0 saturated heterocycles. The van der Waals surface area contributed by atoms with Gasteiger partial charge in [-0.2, -0.15) is 0 Å². The molecule has 5 heteroatoms. The lowest BCUT2D eigenvalue weighted by atomic mass is 10.2. The summed E-state index contributed by atoms with van der Waals surface area (Å²) >= 11 is 0. The third-order valence-corrected chi connectivity index (χ3v) is 3.02. The quantitative estimate of drug-likeness (QED) is 0.800. The molecule has 22 heavy (non-hydrogen) atoms. The van der Waals surface area contributed by atoms with E-state index in [-0.39, 0.29) is 11.7 Å². The van der Waals surface area contributed by atoms with Crippen molar-refractivity contribution in [2.75, 3.05) is 20.3 Å². The van der Waals surface area contributed by atoms with Crippen molar-refractivity contribution in [1.82, 2.24) is 5.32 Å². The maximum atomic E-state index is 12.7. The second-order valence-electron chi connectivity index (χ2n) is 4.64. The number of rotatable bonds is 7. The standard InChI is InChI=1S/C17H18FNO3/c1-21-16-5-2-4-13(12-16)17(20)19-10-3-11-22-15-8-6-14(18)7-9-15/h2,4-9,12H,3,10-11H2,1H3,(H,19,20). The number of hydrogen-bond donors (Lipinski definition) is 1. The third-order valence-electron chi connectivity index (χ3n) is 3.02. The van der Waals surface area contributed by atoms with Crippen LogP contribution in [0.25, 0.3) is 0 Å². The van der Waals surface area contributed by atoms with Gasteiger partial charge in [0, 0.05) is 12.1 Å². The lowest BCUT2D eigenvalue weighted by Gasteiger charge is -2.08. The van der Waals surface area contributed by atoms with Gasteiger partial charge in [0.25, 0.3) is 5.91 Å². The molecule has 0 heterocycles. The predicted molar refractivity (Wildman–Crippen MR) is 81.8 cm³/mol. The Hall–Kier alpha value is -2.56. The molecule has 4 nitrogen and oxygen atoms in total. The summed E-state index contributed by atoms with van der Waals surface area (Å²) in [5, 5.41) is 2.81. The molecule has 2 aromatic rings. The van der Waals surface area contributed by atoms with Gasteiger partial charge >= 0.3 is 0 Å². The van der Waals surface area contributed by atoms with Crippen LogP contribution in [-0.2, 0) is 0 Å². The fraction of sp³-hybridized carbons (Fsp3) is 0.235. The van der Waals surface area contributed by atoms with Crippen LogP contribution in [0.2, 0.25) is 0 Å². The van der Waals surface area contributed by atoms with E-state index in [9.17, 15) is 9.18 Å². The van der Waals surface area contributed by atoms with Gasteiger partial charge in [-0.05, 0) is 48.9 Å². The van der Waals surface area contributed by atoms with Crippen molar-refractivity contribution in [2.24, 2.45) is 0 Å². The number of benzene rings is 2. The van der Waals surface area contributed by atoms with Crippen molar-refractivity contribution < 1.29 is 18.7 Å². The number of halogens is 1. The molecule has 2 aromatic carbocycles. The summed E-state index contributed by atoms with van der Waals surface area (Å²) in [5.41, 5.74) is 0.554. The molecule has 0 atom stereocenters. The van der Waals surface area contributed by atoms with Gasteiger partial charge in [-0.25, -0.2) is 4.39 Å². The summed E-state index contributed by atoms with van der Waals surface area (Å²) in [5.74, 6) is 0.811. The Kier molecular flexibility index (Phi) is 5.77. The Labute approximate surface area is 128 Å². The first-order valence-electron chi connectivity index (χ1n) is 6.99. The molecule has 0 aliphatic rings. The van der Waals surface area contributed by atoms with Gasteiger partial charge < -0.3 is 14.8 Å². The van der Waals surface area contributed by atoms with Gasteiger partial charge in [0.15, 0.2) is 0 Å². The molecule has 0 spiro atoms. The van der Waals surface area contributed by atoms with Gasteiger partial charge in [-0.15, -0.1) is 0 Å². The van der Waals surface area contributed by atoms with Crippen LogP contribution in [-0.4, -0.2) is 26.2 Å². The fourth-order valence-electron chi connectivity index (χ4n) is 1.86. The summed E-state index contributed by atoms with van der Waals surface area (Å²) in [6.45, 7) is 0.946. The zero-order valence-electron chi connectivity index (χ0n) is 12.3. The normalized spacial score (nSPS) is 10.1. The molecule has 0 bridgehead atoms. The molecular formula is C17H18FNO3. The van der Waals surface area contributed by atoms with Gasteiger partial charge in [0.05, 0.1) is 13.7 Å². The Bertz CT molecular complexity index is 614. The van der Waals surface area contributed by atoms with E-state index in [4.69, 9.17) is 9.47 Å². The molecule has 1 amide bonds. The largest absolute Gasteiger partial charge is 0.497 e. The minimum absolute atomic E-state index is 0.152. The highest BCUT2D eigenvalue weighted by molar-refractivity contribution is 5.94. The Morgan fingerprint density at radius 1 is 1.14 bits per heavy atom. The van der Waals surface area contributed by atoms with Crippen molar-refractivity contribution >= 4 is 5.91 Å². The van der Waals surface area contributed by atoms with Crippen LogP contribution >= 0.6 is 0 Å². The minimum atomic E-state index is -0.294. The highest BCUT2D eigenvalue weighted by Crippen LogP contribution is 2.12. The average molecular weight is 303 g/mol. The minimum Gasteiger partial charge on any atom is -0.497 e. The first-order valence-corrected chi connectivity index (χ1v) is 6.99. The van der Waals surface area contributed by atoms with Crippen LogP contribution in [0.5, 0.6) is 11.5 Å². The van der Waals surface area contributed by atoms with Gasteiger partial charge in [0.2, 0.25) is 0 Å². The van der Waals surface area contributed by atoms with Crippen LogP contribution in [0.3, 0.4) is 0 Å². The Morgan fingerprint density at radius 2 is 1.91 bits per heavy atom. The molecule has 0 saturated carbocycles. The SMILES string of the molecule is COc1cccc(C(=O)NCCCOc2ccc(F)cc2)c1. The number of hydrogen-bond acceptors (Lipinski definition) is 3. The molecule has 0 unspecified atom stereocenters. The van der Waals surface area contributed by atoms with E-state index in [1.807, 2.05) is 0 Å². The van der Waals surface area contributed by atoms with Crippen molar-refractivity contribution in [3.63, 3.8) is 0 Å². The smallest absolute Gasteiger partial charge is 0.251 e. The van der Waals surface area contributed by atoms with E-state index in [1.54, 1.807) is 43.5 Å². The average Bonchev–Trinajstić information content (AvgIpc) is 2.56. The van der Waals surface area contributed by atoms with Crippen molar-refractivity contribution in [2.45, 2.75) is 6.42 Å². The van der Waals surface area contributed by atoms with E-state index < -0.39 is 0 Å². The number of ether oxygens (including phenoxy) is 2. The lowest BCUT2D eigenvalue weighted by molar-refractivity contribution is 0.0951. The summed E-state index contributed by atoms with van der Waals surface area (Å²) in [6.07, 6.45) is 0.660. The lowest BCUT2D eigenvalue weighted by Crippen LogP contribution is -2.25. The van der Waals surface area contributed by atoms with Crippen molar-refractivity contribution in [1.29, 1.82) is 0 Å². The van der Waals surface area contributed by atoms with Crippen LogP contribution < -0.4 is 14.8 Å². The summed E-state index contributed by atoms with van der Waals surface area (Å²) < 4.78 is 23.2. The second kappa shape index (κ2) is 8.02. The van der Waals surface area contributed by atoms with Crippen LogP contribution in [0.15, 0.2) is 48.5 Å². The Balaban J connectivity index is 1.69. The fourth-order valence-corrected chi connectivity index (χ4v) is 1.86. The molecule has 0 fully saturated rings. The highest BCUT2D eigenvalue weighted by Gasteiger charge is 2.05. The number of methoxy groups -OCH3 is 1. The van der Waals surface area contributed by atoms with Crippen molar-refractivity contribution in [3.05, 3.63) is 59.9 Å². The van der Waals surface area contributed by atoms with E-state index in [2.05, 4.69) is 5.32 Å². The monoisotopic (exact) mass is 303 g/mol. The predicted octanol–water partition coefficient (Wildman–Crippen LogP) is 3.03. The topological polar surface area (TPSA) is 47.6 Å². The first-order chi connectivity index (χ1) is 10.7. The Morgan fingerprint density at radius 3 is 2.64 bits per heavy atom. The highest BCUT2D eigenvalue weighted by atomic mass is 19.1. The summed E-state index contributed by atoms with van der Waals surface area (Å²) in [6, 6.07) is 12.8. The zero-order chi connectivity index (χ0) is 15.8. The van der Waals surface area contributed by atoms with E-state index >= 15 is 0 Å². The molecule has 1 N–H and O–H groups in total. The molecular weight excluding hydrogens is 285 g/mol. The molecule has 0 aliphatic carbocycles. The zero-order valence-corrected chi connectivity index (χ0v) is 12.3. The molecule has 2 rings (SSSR count). The molecule has 0 aliphatic heterocycles. The van der Waals surface area contributed by atoms with Gasteiger partial charge in [-0.1, -0.05) is 6.07 Å². The third kappa shape index (κ3) is 4.77. The van der Waals surface area contributed by atoms with Gasteiger partial charge in [-0.3, -0.25) is 4.79 Å². The molecule has 0 aromatic heterocycles.